The highest BCUT2D eigenvalue weighted by Gasteiger charge is 2.17. The number of benzene rings is 1. The van der Waals surface area contributed by atoms with Crippen molar-refractivity contribution in [3.05, 3.63) is 83.8 Å². The van der Waals surface area contributed by atoms with Crippen molar-refractivity contribution < 1.29 is 13.6 Å². The number of pyridine rings is 2. The number of aromatic nitrogens is 3. The lowest BCUT2D eigenvalue weighted by molar-refractivity contribution is 0.101. The van der Waals surface area contributed by atoms with E-state index in [1.165, 1.54) is 6.07 Å². The molecule has 0 atom stereocenters. The third-order valence-electron chi connectivity index (χ3n) is 4.35. The topological polar surface area (TPSA) is 59.3 Å². The predicted octanol–water partition coefficient (Wildman–Crippen LogP) is 4.24. The number of hydrogen-bond acceptors (Lipinski definition) is 3. The Labute approximate surface area is 153 Å². The summed E-state index contributed by atoms with van der Waals surface area (Å²) in [5, 5.41) is 6.61. The largest absolute Gasteiger partial charge is 0.306 e. The molecule has 7 heteroatoms. The summed E-state index contributed by atoms with van der Waals surface area (Å²) >= 11 is 0. The first-order valence-electron chi connectivity index (χ1n) is 8.19. The third-order valence-corrected chi connectivity index (χ3v) is 4.35. The van der Waals surface area contributed by atoms with Crippen molar-refractivity contribution in [2.75, 3.05) is 5.32 Å². The van der Waals surface area contributed by atoms with Gasteiger partial charge in [0.2, 0.25) is 0 Å². The number of carbonyl (C=O) groups is 1. The zero-order valence-electron chi connectivity index (χ0n) is 14.3. The second-order valence-electron chi connectivity index (χ2n) is 6.00. The summed E-state index contributed by atoms with van der Waals surface area (Å²) in [7, 11) is 0. The van der Waals surface area contributed by atoms with Crippen LogP contribution >= 0.6 is 0 Å². The van der Waals surface area contributed by atoms with E-state index in [0.29, 0.717) is 0 Å². The molecule has 1 amide bonds. The molecule has 0 bridgehead atoms. The van der Waals surface area contributed by atoms with Gasteiger partial charge in [0.25, 0.3) is 5.91 Å². The summed E-state index contributed by atoms with van der Waals surface area (Å²) in [6.07, 6.45) is 5.18. The van der Waals surface area contributed by atoms with Crippen LogP contribution in [0.4, 0.5) is 14.6 Å². The number of nitrogens with zero attached hydrogens (tertiary/aromatic N) is 3. The Hall–Kier alpha value is -3.61. The zero-order valence-corrected chi connectivity index (χ0v) is 14.3. The fraction of sp³-hybridized carbons (Fsp3) is 0.0500. The van der Waals surface area contributed by atoms with E-state index in [1.54, 1.807) is 29.0 Å². The van der Waals surface area contributed by atoms with E-state index in [0.717, 1.165) is 34.3 Å². The van der Waals surface area contributed by atoms with E-state index in [-0.39, 0.29) is 5.82 Å². The van der Waals surface area contributed by atoms with Gasteiger partial charge in [-0.2, -0.15) is 5.10 Å². The van der Waals surface area contributed by atoms with Gasteiger partial charge < -0.3 is 5.32 Å². The summed E-state index contributed by atoms with van der Waals surface area (Å²) in [5.74, 6) is -2.53. The molecule has 0 radical (unpaired) electrons. The number of anilines is 1. The molecular formula is C20H14F2N4O. The molecule has 0 aliphatic carbocycles. The fourth-order valence-corrected chi connectivity index (χ4v) is 2.97. The molecule has 5 nitrogen and oxygen atoms in total. The number of aryl methyl sites for hydroxylation is 1. The molecular weight excluding hydrogens is 350 g/mol. The van der Waals surface area contributed by atoms with Crippen LogP contribution in [0.3, 0.4) is 0 Å². The van der Waals surface area contributed by atoms with Gasteiger partial charge in [-0.3, -0.25) is 4.79 Å². The number of carbonyl (C=O) groups excluding carboxylic acids is 1. The molecule has 3 aromatic heterocycles. The van der Waals surface area contributed by atoms with Gasteiger partial charge in [-0.15, -0.1) is 0 Å². The lowest BCUT2D eigenvalue weighted by Gasteiger charge is -2.09. The SMILES string of the molecule is Cc1c(-c2ccc(NC(=O)c3c(F)cccc3F)nc2)ccn2nccc12. The Morgan fingerprint density at radius 3 is 2.56 bits per heavy atom. The highest BCUT2D eigenvalue weighted by Crippen LogP contribution is 2.26. The molecule has 27 heavy (non-hydrogen) atoms. The zero-order chi connectivity index (χ0) is 19.0. The molecule has 0 spiro atoms. The second-order valence-corrected chi connectivity index (χ2v) is 6.00. The van der Waals surface area contributed by atoms with E-state index in [2.05, 4.69) is 15.4 Å². The van der Waals surface area contributed by atoms with Crippen LogP contribution in [0.1, 0.15) is 15.9 Å². The van der Waals surface area contributed by atoms with Gasteiger partial charge in [0.05, 0.1) is 5.52 Å². The minimum absolute atomic E-state index is 0.203. The van der Waals surface area contributed by atoms with Gasteiger partial charge >= 0.3 is 0 Å². The van der Waals surface area contributed by atoms with Crippen molar-refractivity contribution in [2.24, 2.45) is 0 Å². The van der Waals surface area contributed by atoms with Crippen molar-refractivity contribution in [1.29, 1.82) is 0 Å². The third kappa shape index (κ3) is 3.03. The maximum absolute atomic E-state index is 13.7. The summed E-state index contributed by atoms with van der Waals surface area (Å²) in [4.78, 5) is 16.3. The first-order valence-corrected chi connectivity index (χ1v) is 8.19. The number of rotatable bonds is 3. The maximum atomic E-state index is 13.7. The minimum atomic E-state index is -0.922. The van der Waals surface area contributed by atoms with E-state index in [4.69, 9.17) is 0 Å². The van der Waals surface area contributed by atoms with Crippen molar-refractivity contribution in [1.82, 2.24) is 14.6 Å². The van der Waals surface area contributed by atoms with E-state index >= 15 is 0 Å². The standard InChI is InChI=1S/C20H14F2N4O/c1-12-14(8-10-26-17(12)7-9-24-26)13-5-6-18(23-11-13)25-20(27)19-15(21)3-2-4-16(19)22/h2-11H,1H3,(H,23,25,27). The van der Waals surface area contributed by atoms with Crippen molar-refractivity contribution in [3.63, 3.8) is 0 Å². The Balaban J connectivity index is 1.60. The second kappa shape index (κ2) is 6.60. The monoisotopic (exact) mass is 364 g/mol. The smallest absolute Gasteiger partial charge is 0.262 e. The number of amides is 1. The van der Waals surface area contributed by atoms with Crippen LogP contribution in [0, 0.1) is 18.6 Å². The van der Waals surface area contributed by atoms with Crippen molar-refractivity contribution in [2.45, 2.75) is 6.92 Å². The molecule has 0 aliphatic rings. The van der Waals surface area contributed by atoms with Gasteiger partial charge in [-0.05, 0) is 54.4 Å². The van der Waals surface area contributed by atoms with Crippen LogP contribution in [0.25, 0.3) is 16.6 Å². The Morgan fingerprint density at radius 1 is 1.07 bits per heavy atom. The summed E-state index contributed by atoms with van der Waals surface area (Å²) < 4.78 is 29.2. The van der Waals surface area contributed by atoms with Gasteiger partial charge in [0.1, 0.15) is 23.0 Å². The molecule has 134 valence electrons. The molecule has 4 aromatic rings. The molecule has 0 fully saturated rings. The van der Waals surface area contributed by atoms with Gasteiger partial charge in [0.15, 0.2) is 0 Å². The predicted molar refractivity (Wildman–Crippen MR) is 97.5 cm³/mol. The molecule has 3 heterocycles. The molecule has 0 saturated heterocycles. The number of nitrogens with one attached hydrogen (secondary N) is 1. The van der Waals surface area contributed by atoms with Crippen molar-refractivity contribution in [3.8, 4) is 11.1 Å². The summed E-state index contributed by atoms with van der Waals surface area (Å²) in [5.41, 5.74) is 3.23. The maximum Gasteiger partial charge on any atom is 0.262 e. The van der Waals surface area contributed by atoms with Crippen LogP contribution in [0.5, 0.6) is 0 Å². The Kier molecular flexibility index (Phi) is 4.12. The normalized spacial score (nSPS) is 10.9. The molecule has 4 rings (SSSR count). The molecule has 1 aromatic carbocycles. The number of hydrogen-bond donors (Lipinski definition) is 1. The summed E-state index contributed by atoms with van der Waals surface area (Å²) in [6, 6.07) is 10.5. The average Bonchev–Trinajstić information content (AvgIpc) is 3.12. The van der Waals surface area contributed by atoms with Gasteiger partial charge in [-0.25, -0.2) is 18.3 Å². The first-order chi connectivity index (χ1) is 13.0. The lowest BCUT2D eigenvalue weighted by Crippen LogP contribution is -2.16. The molecule has 0 saturated carbocycles. The highest BCUT2D eigenvalue weighted by molar-refractivity contribution is 6.04. The Bertz CT molecular complexity index is 1130. The molecule has 0 unspecified atom stereocenters. The van der Waals surface area contributed by atoms with Crippen LogP contribution < -0.4 is 5.32 Å². The van der Waals surface area contributed by atoms with Crippen LogP contribution in [-0.4, -0.2) is 20.5 Å². The first kappa shape index (κ1) is 16.8. The quantitative estimate of drug-likeness (QED) is 0.592. The Morgan fingerprint density at radius 2 is 1.85 bits per heavy atom. The minimum Gasteiger partial charge on any atom is -0.306 e. The average molecular weight is 364 g/mol. The van der Waals surface area contributed by atoms with Gasteiger partial charge in [0, 0.05) is 24.2 Å². The summed E-state index contributed by atoms with van der Waals surface area (Å²) in [6.45, 7) is 1.99. The van der Waals surface area contributed by atoms with Crippen LogP contribution in [0.2, 0.25) is 0 Å². The molecule has 1 N–H and O–H groups in total. The fourth-order valence-electron chi connectivity index (χ4n) is 2.97. The number of fused-ring (bicyclic) bond motifs is 1. The van der Waals surface area contributed by atoms with E-state index in [9.17, 15) is 13.6 Å². The van der Waals surface area contributed by atoms with Crippen LogP contribution in [0.15, 0.2) is 61.1 Å². The van der Waals surface area contributed by atoms with E-state index in [1.807, 2.05) is 25.3 Å². The lowest BCUT2D eigenvalue weighted by atomic mass is 10.0. The van der Waals surface area contributed by atoms with Gasteiger partial charge in [-0.1, -0.05) is 6.07 Å². The highest BCUT2D eigenvalue weighted by atomic mass is 19.1. The van der Waals surface area contributed by atoms with Crippen molar-refractivity contribution >= 4 is 17.2 Å². The number of halogens is 2. The molecule has 0 aliphatic heterocycles. The van der Waals surface area contributed by atoms with Crippen LogP contribution in [-0.2, 0) is 0 Å². The van der Waals surface area contributed by atoms with E-state index < -0.39 is 23.1 Å².